The number of benzene rings is 2. The quantitative estimate of drug-likeness (QED) is 0.672. The summed E-state index contributed by atoms with van der Waals surface area (Å²) in [6, 6.07) is 15.7. The van der Waals surface area contributed by atoms with E-state index in [4.69, 9.17) is 11.6 Å². The van der Waals surface area contributed by atoms with E-state index in [2.05, 4.69) is 28.4 Å². The van der Waals surface area contributed by atoms with E-state index in [1.807, 2.05) is 36.4 Å². The number of rotatable bonds is 2. The maximum atomic E-state index is 6.04. The first-order valence-corrected chi connectivity index (χ1v) is 6.17. The van der Waals surface area contributed by atoms with E-state index < -0.39 is 0 Å². The molecule has 1 aliphatic carbocycles. The number of halogens is 1. The zero-order valence-corrected chi connectivity index (χ0v) is 10.4. The molecule has 0 saturated carbocycles. The predicted octanol–water partition coefficient (Wildman–Crippen LogP) is 5.02. The fraction of sp³-hybridized carbons (Fsp3) is 0.0667. The number of hydrogen-bond donors (Lipinski definition) is 0. The monoisotopic (exact) mass is 254 g/mol. The Hall–Kier alpha value is -1.93. The lowest BCUT2D eigenvalue weighted by molar-refractivity contribution is 1.24. The summed E-state index contributed by atoms with van der Waals surface area (Å²) >= 11 is 6.04. The molecule has 0 fully saturated rings. The van der Waals surface area contributed by atoms with Crippen molar-refractivity contribution in [2.45, 2.75) is 6.42 Å². The number of nitrogens with zero attached hydrogens (tertiary/aromatic N) is 2. The van der Waals surface area contributed by atoms with E-state index in [9.17, 15) is 0 Å². The van der Waals surface area contributed by atoms with Crippen LogP contribution in [0.1, 0.15) is 11.1 Å². The van der Waals surface area contributed by atoms with Gasteiger partial charge >= 0.3 is 0 Å². The molecule has 0 aliphatic heterocycles. The minimum atomic E-state index is 0.619. The lowest BCUT2D eigenvalue weighted by Gasteiger charge is -1.99. The van der Waals surface area contributed by atoms with Crippen molar-refractivity contribution in [1.82, 2.24) is 0 Å². The Morgan fingerprint density at radius 3 is 2.56 bits per heavy atom. The van der Waals surface area contributed by atoms with Crippen LogP contribution >= 0.6 is 11.6 Å². The van der Waals surface area contributed by atoms with Crippen LogP contribution in [0.3, 0.4) is 0 Å². The van der Waals surface area contributed by atoms with Gasteiger partial charge in [-0.3, -0.25) is 0 Å². The molecule has 0 unspecified atom stereocenters. The molecule has 0 saturated heterocycles. The molecule has 2 nitrogen and oxygen atoms in total. The van der Waals surface area contributed by atoms with E-state index in [0.29, 0.717) is 10.7 Å². The van der Waals surface area contributed by atoms with Crippen molar-refractivity contribution >= 4 is 23.0 Å². The summed E-state index contributed by atoms with van der Waals surface area (Å²) in [5, 5.41) is 9.13. The minimum absolute atomic E-state index is 0.619. The van der Waals surface area contributed by atoms with Crippen LogP contribution in [0.2, 0.25) is 5.02 Å². The standard InChI is InChI=1S/C15H11ClN2/c16-13-7-3-4-8-15(13)18-17-14-10-9-11-5-1-2-6-12(11)14/h1-8,10H,9H2. The van der Waals surface area contributed by atoms with Gasteiger partial charge in [0.2, 0.25) is 0 Å². The largest absolute Gasteiger partial charge is 0.150 e. The fourth-order valence-corrected chi connectivity index (χ4v) is 2.17. The molecule has 88 valence electrons. The summed E-state index contributed by atoms with van der Waals surface area (Å²) in [5.74, 6) is 0. The van der Waals surface area contributed by atoms with Gasteiger partial charge in [-0.15, -0.1) is 5.11 Å². The Kier molecular flexibility index (Phi) is 2.95. The molecule has 18 heavy (non-hydrogen) atoms. The third-order valence-electron chi connectivity index (χ3n) is 2.93. The van der Waals surface area contributed by atoms with Gasteiger partial charge in [-0.2, -0.15) is 5.11 Å². The van der Waals surface area contributed by atoms with Crippen LogP contribution in [-0.2, 0) is 6.42 Å². The first kappa shape index (κ1) is 11.2. The molecule has 3 heteroatoms. The molecule has 0 radical (unpaired) electrons. The maximum Gasteiger partial charge on any atom is 0.104 e. The summed E-state index contributed by atoms with van der Waals surface area (Å²) in [6.45, 7) is 0. The van der Waals surface area contributed by atoms with Crippen LogP contribution in [-0.4, -0.2) is 0 Å². The highest BCUT2D eigenvalue weighted by Gasteiger charge is 2.12. The van der Waals surface area contributed by atoms with Gasteiger partial charge in [-0.1, -0.05) is 54.1 Å². The molecular weight excluding hydrogens is 244 g/mol. The Balaban J connectivity index is 1.89. The summed E-state index contributed by atoms with van der Waals surface area (Å²) in [4.78, 5) is 0. The van der Waals surface area contributed by atoms with Gasteiger partial charge in [0.25, 0.3) is 0 Å². The van der Waals surface area contributed by atoms with Crippen molar-refractivity contribution in [1.29, 1.82) is 0 Å². The molecule has 0 spiro atoms. The second kappa shape index (κ2) is 4.75. The first-order chi connectivity index (χ1) is 8.84. The third-order valence-corrected chi connectivity index (χ3v) is 3.25. The Morgan fingerprint density at radius 2 is 1.67 bits per heavy atom. The smallest absolute Gasteiger partial charge is 0.104 e. The van der Waals surface area contributed by atoms with Gasteiger partial charge in [0, 0.05) is 5.56 Å². The molecular formula is C15H11ClN2. The molecule has 3 rings (SSSR count). The average Bonchev–Trinajstić information content (AvgIpc) is 2.81. The second-order valence-electron chi connectivity index (χ2n) is 4.10. The number of allylic oxidation sites excluding steroid dienone is 1. The highest BCUT2D eigenvalue weighted by Crippen LogP contribution is 2.31. The zero-order valence-electron chi connectivity index (χ0n) is 9.68. The molecule has 0 amide bonds. The van der Waals surface area contributed by atoms with Crippen molar-refractivity contribution in [3.63, 3.8) is 0 Å². The van der Waals surface area contributed by atoms with Crippen molar-refractivity contribution < 1.29 is 0 Å². The average molecular weight is 255 g/mol. The fourth-order valence-electron chi connectivity index (χ4n) is 2.00. The van der Waals surface area contributed by atoms with Crippen LogP contribution in [0.4, 0.5) is 5.69 Å². The molecule has 0 atom stereocenters. The molecule has 2 aromatic carbocycles. The Bertz CT molecular complexity index is 644. The molecule has 0 N–H and O–H groups in total. The molecule has 2 aromatic rings. The van der Waals surface area contributed by atoms with Crippen molar-refractivity contribution in [2.24, 2.45) is 10.2 Å². The summed E-state index contributed by atoms with van der Waals surface area (Å²) in [7, 11) is 0. The van der Waals surface area contributed by atoms with Crippen molar-refractivity contribution in [3.8, 4) is 0 Å². The second-order valence-corrected chi connectivity index (χ2v) is 4.51. The number of fused-ring (bicyclic) bond motifs is 1. The Morgan fingerprint density at radius 1 is 0.889 bits per heavy atom. The first-order valence-electron chi connectivity index (χ1n) is 5.79. The van der Waals surface area contributed by atoms with E-state index in [-0.39, 0.29) is 0 Å². The predicted molar refractivity (Wildman–Crippen MR) is 74.1 cm³/mol. The topological polar surface area (TPSA) is 24.7 Å². The molecule has 0 bridgehead atoms. The lowest BCUT2D eigenvalue weighted by Crippen LogP contribution is -1.80. The van der Waals surface area contributed by atoms with Crippen LogP contribution < -0.4 is 0 Å². The number of azo groups is 1. The number of hydrogen-bond acceptors (Lipinski definition) is 2. The van der Waals surface area contributed by atoms with Crippen LogP contribution in [0.25, 0.3) is 5.70 Å². The summed E-state index contributed by atoms with van der Waals surface area (Å²) in [5.41, 5.74) is 4.08. The van der Waals surface area contributed by atoms with Gasteiger partial charge in [0.1, 0.15) is 5.69 Å². The molecule has 1 aliphatic rings. The van der Waals surface area contributed by atoms with E-state index >= 15 is 0 Å². The van der Waals surface area contributed by atoms with Crippen LogP contribution in [0.5, 0.6) is 0 Å². The zero-order chi connectivity index (χ0) is 12.4. The maximum absolute atomic E-state index is 6.04. The van der Waals surface area contributed by atoms with Gasteiger partial charge < -0.3 is 0 Å². The molecule has 0 heterocycles. The highest BCUT2D eigenvalue weighted by atomic mass is 35.5. The summed E-state index contributed by atoms with van der Waals surface area (Å²) in [6.07, 6.45) is 3.01. The SMILES string of the molecule is Clc1ccccc1N=NC1=CCc2ccccc21. The minimum Gasteiger partial charge on any atom is -0.150 e. The highest BCUT2D eigenvalue weighted by molar-refractivity contribution is 6.32. The van der Waals surface area contributed by atoms with E-state index in [0.717, 1.165) is 17.7 Å². The summed E-state index contributed by atoms with van der Waals surface area (Å²) < 4.78 is 0. The van der Waals surface area contributed by atoms with Gasteiger partial charge in [-0.25, -0.2) is 0 Å². The lowest BCUT2D eigenvalue weighted by atomic mass is 10.1. The van der Waals surface area contributed by atoms with Gasteiger partial charge in [-0.05, 0) is 24.1 Å². The molecule has 0 aromatic heterocycles. The van der Waals surface area contributed by atoms with Crippen LogP contribution in [0, 0.1) is 0 Å². The van der Waals surface area contributed by atoms with E-state index in [1.54, 1.807) is 0 Å². The third kappa shape index (κ3) is 2.07. The normalized spacial score (nSPS) is 13.7. The van der Waals surface area contributed by atoms with Gasteiger partial charge in [0.05, 0.1) is 10.7 Å². The van der Waals surface area contributed by atoms with Crippen LogP contribution in [0.15, 0.2) is 64.8 Å². The Labute approximate surface area is 111 Å². The van der Waals surface area contributed by atoms with Gasteiger partial charge in [0.15, 0.2) is 0 Å². The van der Waals surface area contributed by atoms with Crippen molar-refractivity contribution in [2.75, 3.05) is 0 Å². The van der Waals surface area contributed by atoms with Crippen molar-refractivity contribution in [3.05, 3.63) is 70.8 Å². The van der Waals surface area contributed by atoms with E-state index in [1.165, 1.54) is 5.56 Å².